The zero-order chi connectivity index (χ0) is 13.6. The Bertz CT molecular complexity index is 488. The van der Waals surface area contributed by atoms with Gasteiger partial charge < -0.3 is 15.2 Å². The number of methoxy groups -OCH3 is 1. The van der Waals surface area contributed by atoms with Crippen LogP contribution in [-0.2, 0) is 14.8 Å². The largest absolute Gasteiger partial charge is 0.491 e. The fraction of sp³-hybridized carbons (Fsp3) is 0.455. The van der Waals surface area contributed by atoms with E-state index >= 15 is 0 Å². The molecule has 0 unspecified atom stereocenters. The van der Waals surface area contributed by atoms with Crippen LogP contribution in [0.5, 0.6) is 5.75 Å². The zero-order valence-corrected chi connectivity index (χ0v) is 11.3. The van der Waals surface area contributed by atoms with Gasteiger partial charge >= 0.3 is 0 Å². The molecule has 0 saturated carbocycles. The standard InChI is InChI=1S/C11H18N2O4S/c1-13-18(14,15)9-4-5-10(12)11(8-9)17-7-3-6-16-2/h4-5,8,13H,3,6-7,12H2,1-2H3. The Balaban J connectivity index is 2.82. The van der Waals surface area contributed by atoms with E-state index in [2.05, 4.69) is 4.72 Å². The van der Waals surface area contributed by atoms with Crippen molar-refractivity contribution in [2.45, 2.75) is 11.3 Å². The van der Waals surface area contributed by atoms with E-state index in [9.17, 15) is 8.42 Å². The molecule has 0 heterocycles. The number of nitrogens with two attached hydrogens (primary N) is 1. The first-order valence-corrected chi connectivity index (χ1v) is 6.94. The molecule has 7 heteroatoms. The van der Waals surface area contributed by atoms with Crippen molar-refractivity contribution < 1.29 is 17.9 Å². The molecule has 6 nitrogen and oxygen atoms in total. The summed E-state index contributed by atoms with van der Waals surface area (Å²) >= 11 is 0. The lowest BCUT2D eigenvalue weighted by Gasteiger charge is -2.10. The molecular formula is C11H18N2O4S. The highest BCUT2D eigenvalue weighted by Crippen LogP contribution is 2.25. The maximum atomic E-state index is 11.6. The lowest BCUT2D eigenvalue weighted by Crippen LogP contribution is -2.18. The first-order valence-electron chi connectivity index (χ1n) is 5.46. The Kier molecular flexibility index (Phi) is 5.39. The summed E-state index contributed by atoms with van der Waals surface area (Å²) in [4.78, 5) is 0.126. The van der Waals surface area contributed by atoms with E-state index < -0.39 is 10.0 Å². The Morgan fingerprint density at radius 2 is 2.06 bits per heavy atom. The van der Waals surface area contributed by atoms with Crippen molar-refractivity contribution in [2.24, 2.45) is 0 Å². The third kappa shape index (κ3) is 3.86. The third-order valence-electron chi connectivity index (χ3n) is 2.31. The molecule has 18 heavy (non-hydrogen) atoms. The molecule has 102 valence electrons. The molecule has 0 bridgehead atoms. The van der Waals surface area contributed by atoms with Crippen molar-refractivity contribution in [1.82, 2.24) is 4.72 Å². The number of hydrogen-bond donors (Lipinski definition) is 2. The van der Waals surface area contributed by atoms with Gasteiger partial charge in [0.15, 0.2) is 0 Å². The Morgan fingerprint density at radius 3 is 2.67 bits per heavy atom. The molecular weight excluding hydrogens is 256 g/mol. The number of ether oxygens (including phenoxy) is 2. The van der Waals surface area contributed by atoms with Gasteiger partial charge in [-0.2, -0.15) is 0 Å². The van der Waals surface area contributed by atoms with Crippen LogP contribution in [0.4, 0.5) is 5.69 Å². The first-order chi connectivity index (χ1) is 8.51. The smallest absolute Gasteiger partial charge is 0.240 e. The van der Waals surface area contributed by atoms with Crippen molar-refractivity contribution in [2.75, 3.05) is 33.1 Å². The van der Waals surface area contributed by atoms with E-state index in [1.54, 1.807) is 7.11 Å². The number of hydrogen-bond acceptors (Lipinski definition) is 5. The molecule has 0 fully saturated rings. The van der Waals surface area contributed by atoms with Crippen molar-refractivity contribution >= 4 is 15.7 Å². The Labute approximate surface area is 107 Å². The maximum absolute atomic E-state index is 11.6. The van der Waals surface area contributed by atoms with Gasteiger partial charge in [-0.15, -0.1) is 0 Å². The number of benzene rings is 1. The summed E-state index contributed by atoms with van der Waals surface area (Å²) in [6, 6.07) is 4.35. The van der Waals surface area contributed by atoms with Crippen LogP contribution in [0.25, 0.3) is 0 Å². The SMILES string of the molecule is CNS(=O)(=O)c1ccc(N)c(OCCCOC)c1. The van der Waals surface area contributed by atoms with E-state index in [-0.39, 0.29) is 4.90 Å². The molecule has 1 aromatic rings. The molecule has 0 amide bonds. The van der Waals surface area contributed by atoms with Gasteiger partial charge in [0.05, 0.1) is 17.2 Å². The van der Waals surface area contributed by atoms with Gasteiger partial charge in [0, 0.05) is 26.2 Å². The van der Waals surface area contributed by atoms with Crippen molar-refractivity contribution in [3.8, 4) is 5.75 Å². The molecule has 0 radical (unpaired) electrons. The Hall–Kier alpha value is -1.31. The van der Waals surface area contributed by atoms with Crippen LogP contribution >= 0.6 is 0 Å². The molecule has 0 atom stereocenters. The summed E-state index contributed by atoms with van der Waals surface area (Å²) in [7, 11) is -0.525. The van der Waals surface area contributed by atoms with Crippen LogP contribution in [0, 0.1) is 0 Å². The second-order valence-electron chi connectivity index (χ2n) is 3.60. The molecule has 1 rings (SSSR count). The predicted octanol–water partition coefficient (Wildman–Crippen LogP) is 0.592. The molecule has 3 N–H and O–H groups in total. The van der Waals surface area contributed by atoms with Gasteiger partial charge in [-0.1, -0.05) is 0 Å². The molecule has 0 saturated heterocycles. The van der Waals surface area contributed by atoms with E-state index in [1.165, 1.54) is 25.2 Å². The van der Waals surface area contributed by atoms with Gasteiger partial charge in [-0.05, 0) is 19.2 Å². The molecule has 0 aromatic heterocycles. The number of anilines is 1. The highest BCUT2D eigenvalue weighted by Gasteiger charge is 2.13. The van der Waals surface area contributed by atoms with E-state index in [0.717, 1.165) is 0 Å². The molecule has 1 aromatic carbocycles. The van der Waals surface area contributed by atoms with Crippen LogP contribution in [0.3, 0.4) is 0 Å². The van der Waals surface area contributed by atoms with E-state index in [1.807, 2.05) is 0 Å². The summed E-state index contributed by atoms with van der Waals surface area (Å²) in [6.07, 6.45) is 0.707. The van der Waals surface area contributed by atoms with Crippen molar-refractivity contribution in [3.63, 3.8) is 0 Å². The van der Waals surface area contributed by atoms with Crippen LogP contribution in [0.15, 0.2) is 23.1 Å². The van der Waals surface area contributed by atoms with Gasteiger partial charge in [-0.25, -0.2) is 13.1 Å². The van der Waals surface area contributed by atoms with Crippen molar-refractivity contribution in [3.05, 3.63) is 18.2 Å². The summed E-state index contributed by atoms with van der Waals surface area (Å²) in [5.74, 6) is 0.363. The lowest BCUT2D eigenvalue weighted by atomic mass is 10.3. The van der Waals surface area contributed by atoms with Gasteiger partial charge in [0.1, 0.15) is 5.75 Å². The summed E-state index contributed by atoms with van der Waals surface area (Å²) < 4.78 is 35.8. The summed E-state index contributed by atoms with van der Waals surface area (Å²) in [6.45, 7) is 0.996. The van der Waals surface area contributed by atoms with E-state index in [4.69, 9.17) is 15.2 Å². The second kappa shape index (κ2) is 6.58. The monoisotopic (exact) mass is 274 g/mol. The average molecular weight is 274 g/mol. The molecule has 0 aliphatic rings. The molecule has 0 spiro atoms. The fourth-order valence-corrected chi connectivity index (χ4v) is 2.06. The second-order valence-corrected chi connectivity index (χ2v) is 5.49. The third-order valence-corrected chi connectivity index (χ3v) is 3.73. The predicted molar refractivity (Wildman–Crippen MR) is 69.1 cm³/mol. The zero-order valence-electron chi connectivity index (χ0n) is 10.5. The average Bonchev–Trinajstić information content (AvgIpc) is 2.36. The fourth-order valence-electron chi connectivity index (χ4n) is 1.31. The highest BCUT2D eigenvalue weighted by atomic mass is 32.2. The highest BCUT2D eigenvalue weighted by molar-refractivity contribution is 7.89. The normalized spacial score (nSPS) is 11.4. The summed E-state index contributed by atoms with van der Waals surface area (Å²) in [5.41, 5.74) is 6.12. The molecule has 0 aliphatic carbocycles. The minimum absolute atomic E-state index is 0.126. The van der Waals surface area contributed by atoms with Crippen LogP contribution in [0.2, 0.25) is 0 Å². The first kappa shape index (κ1) is 14.7. The van der Waals surface area contributed by atoms with Crippen LogP contribution < -0.4 is 15.2 Å². The maximum Gasteiger partial charge on any atom is 0.240 e. The summed E-state index contributed by atoms with van der Waals surface area (Å²) in [5, 5.41) is 0. The van der Waals surface area contributed by atoms with Gasteiger partial charge in [-0.3, -0.25) is 0 Å². The number of nitrogens with one attached hydrogen (secondary N) is 1. The van der Waals surface area contributed by atoms with Gasteiger partial charge in [0.2, 0.25) is 10.0 Å². The number of nitrogen functional groups attached to an aromatic ring is 1. The van der Waals surface area contributed by atoms with Gasteiger partial charge in [0.25, 0.3) is 0 Å². The lowest BCUT2D eigenvalue weighted by molar-refractivity contribution is 0.172. The van der Waals surface area contributed by atoms with E-state index in [0.29, 0.717) is 31.1 Å². The van der Waals surface area contributed by atoms with Crippen molar-refractivity contribution in [1.29, 1.82) is 0 Å². The number of rotatable bonds is 7. The van der Waals surface area contributed by atoms with Crippen LogP contribution in [-0.4, -0.2) is 35.8 Å². The minimum Gasteiger partial charge on any atom is -0.491 e. The quantitative estimate of drug-likeness (QED) is 0.561. The van der Waals surface area contributed by atoms with Crippen LogP contribution in [0.1, 0.15) is 6.42 Å². The Morgan fingerprint density at radius 1 is 1.33 bits per heavy atom. The number of sulfonamides is 1. The molecule has 0 aliphatic heterocycles. The minimum atomic E-state index is -3.48. The topological polar surface area (TPSA) is 90.7 Å².